The number of rotatable bonds is 18. The van der Waals surface area contributed by atoms with Crippen LogP contribution in [-0.2, 0) is 48.2 Å². The molecule has 12 heteroatoms. The molecule has 1 aromatic rings. The number of nitrogens with zero attached hydrogens (tertiary/aromatic N) is 3. The highest BCUT2D eigenvalue weighted by Gasteiger charge is 2.23. The van der Waals surface area contributed by atoms with Gasteiger partial charge in [-0.15, -0.1) is 19.7 Å². The van der Waals surface area contributed by atoms with E-state index in [0.717, 1.165) is 0 Å². The van der Waals surface area contributed by atoms with Crippen molar-refractivity contribution in [2.24, 2.45) is 0 Å². The summed E-state index contributed by atoms with van der Waals surface area (Å²) in [6, 6.07) is 0. The van der Waals surface area contributed by atoms with Crippen molar-refractivity contribution in [3.8, 4) is 0 Å². The molecule has 0 fully saturated rings. The maximum Gasteiger partial charge on any atom is 0.336 e. The molecule has 1 aromatic heterocycles. The lowest BCUT2D eigenvalue weighted by molar-refractivity contribution is -0.118. The highest BCUT2D eigenvalue weighted by atomic mass is 16.5. The molecule has 0 aliphatic rings. The SMILES string of the molecule is C=CCOC(C=O)Cn1c(=O)n(CC(C=O)OCC=C)c(=O)n(CC(C=O)OCC=C)c1=O. The molecule has 1 rings (SSSR count). The van der Waals surface area contributed by atoms with Crippen LogP contribution in [0.4, 0.5) is 0 Å². The molecular weight excluding hydrogens is 438 g/mol. The zero-order chi connectivity index (χ0) is 24.8. The van der Waals surface area contributed by atoms with E-state index in [4.69, 9.17) is 14.2 Å². The molecule has 0 amide bonds. The Kier molecular flexibility index (Phi) is 12.2. The quantitative estimate of drug-likeness (QED) is 0.186. The van der Waals surface area contributed by atoms with E-state index in [-0.39, 0.29) is 19.8 Å². The predicted octanol–water partition coefficient (Wildman–Crippen LogP) is -1.52. The molecule has 0 radical (unpaired) electrons. The first-order chi connectivity index (χ1) is 15.9. The molecule has 180 valence electrons. The van der Waals surface area contributed by atoms with E-state index in [1.807, 2.05) is 0 Å². The molecule has 0 spiro atoms. The Morgan fingerprint density at radius 1 is 0.576 bits per heavy atom. The second-order valence-electron chi connectivity index (χ2n) is 6.57. The summed E-state index contributed by atoms with van der Waals surface area (Å²) in [5.41, 5.74) is -3.25. The predicted molar refractivity (Wildman–Crippen MR) is 117 cm³/mol. The van der Waals surface area contributed by atoms with Gasteiger partial charge in [-0.1, -0.05) is 18.2 Å². The van der Waals surface area contributed by atoms with E-state index in [1.54, 1.807) is 0 Å². The summed E-state index contributed by atoms with van der Waals surface area (Å²) in [4.78, 5) is 72.9. The molecular formula is C21H27N3O9. The van der Waals surface area contributed by atoms with Crippen molar-refractivity contribution in [2.75, 3.05) is 19.8 Å². The van der Waals surface area contributed by atoms with Gasteiger partial charge in [0, 0.05) is 0 Å². The highest BCUT2D eigenvalue weighted by molar-refractivity contribution is 5.56. The molecule has 3 atom stereocenters. The molecule has 0 aliphatic carbocycles. The topological polar surface area (TPSA) is 145 Å². The second-order valence-corrected chi connectivity index (χ2v) is 6.57. The summed E-state index contributed by atoms with van der Waals surface area (Å²) >= 11 is 0. The lowest BCUT2D eigenvalue weighted by Crippen LogP contribution is -2.57. The maximum atomic E-state index is 13.0. The summed E-state index contributed by atoms with van der Waals surface area (Å²) < 4.78 is 17.4. The minimum atomic E-state index is -1.20. The Bertz CT molecular complexity index is 862. The van der Waals surface area contributed by atoms with Crippen LogP contribution in [0.1, 0.15) is 0 Å². The highest BCUT2D eigenvalue weighted by Crippen LogP contribution is 1.96. The van der Waals surface area contributed by atoms with Gasteiger partial charge < -0.3 is 28.6 Å². The third kappa shape index (κ3) is 7.86. The molecule has 33 heavy (non-hydrogen) atoms. The van der Waals surface area contributed by atoms with Gasteiger partial charge in [0.2, 0.25) is 0 Å². The van der Waals surface area contributed by atoms with Gasteiger partial charge in [0.1, 0.15) is 18.3 Å². The van der Waals surface area contributed by atoms with Crippen LogP contribution < -0.4 is 17.1 Å². The van der Waals surface area contributed by atoms with E-state index >= 15 is 0 Å². The molecule has 12 nitrogen and oxygen atoms in total. The molecule has 1 heterocycles. The fourth-order valence-corrected chi connectivity index (χ4v) is 2.67. The van der Waals surface area contributed by atoms with Crippen LogP contribution in [0.3, 0.4) is 0 Å². The number of aromatic nitrogens is 3. The molecule has 3 unspecified atom stereocenters. The van der Waals surface area contributed by atoms with Gasteiger partial charge >= 0.3 is 17.1 Å². The van der Waals surface area contributed by atoms with Crippen LogP contribution in [0, 0.1) is 0 Å². The number of carbonyl (C=O) groups is 3. The minimum absolute atomic E-state index is 0.0306. The van der Waals surface area contributed by atoms with E-state index in [2.05, 4.69) is 19.7 Å². The van der Waals surface area contributed by atoms with Crippen LogP contribution in [-0.4, -0.2) is 70.7 Å². The molecule has 0 aromatic carbocycles. The summed E-state index contributed by atoms with van der Waals surface area (Å²) in [5, 5.41) is 0. The van der Waals surface area contributed by atoms with Gasteiger partial charge in [0.15, 0.2) is 18.9 Å². The third-order valence-corrected chi connectivity index (χ3v) is 4.21. The van der Waals surface area contributed by atoms with E-state index in [1.165, 1.54) is 18.2 Å². The number of ether oxygens (including phenoxy) is 3. The zero-order valence-electron chi connectivity index (χ0n) is 18.1. The maximum absolute atomic E-state index is 13.0. The minimum Gasteiger partial charge on any atom is -0.365 e. The van der Waals surface area contributed by atoms with Crippen molar-refractivity contribution in [3.05, 3.63) is 69.4 Å². The molecule has 0 bridgehead atoms. The van der Waals surface area contributed by atoms with Crippen LogP contribution in [0.25, 0.3) is 0 Å². The van der Waals surface area contributed by atoms with E-state index in [9.17, 15) is 28.8 Å². The average molecular weight is 465 g/mol. The van der Waals surface area contributed by atoms with Gasteiger partial charge in [-0.25, -0.2) is 28.1 Å². The van der Waals surface area contributed by atoms with E-state index < -0.39 is 55.0 Å². The van der Waals surface area contributed by atoms with Crippen molar-refractivity contribution in [1.82, 2.24) is 13.7 Å². The van der Waals surface area contributed by atoms with Gasteiger partial charge in [-0.2, -0.15) is 0 Å². The van der Waals surface area contributed by atoms with Gasteiger partial charge in [0.25, 0.3) is 0 Å². The first-order valence-corrected chi connectivity index (χ1v) is 9.86. The monoisotopic (exact) mass is 465 g/mol. The summed E-state index contributed by atoms with van der Waals surface area (Å²) in [6.45, 7) is 8.71. The summed E-state index contributed by atoms with van der Waals surface area (Å²) in [7, 11) is 0. The van der Waals surface area contributed by atoms with Crippen molar-refractivity contribution in [3.63, 3.8) is 0 Å². The smallest absolute Gasteiger partial charge is 0.336 e. The van der Waals surface area contributed by atoms with Crippen molar-refractivity contribution >= 4 is 18.9 Å². The Hall–Kier alpha value is -3.48. The summed E-state index contributed by atoms with van der Waals surface area (Å²) in [5.74, 6) is 0. The largest absolute Gasteiger partial charge is 0.365 e. The van der Waals surface area contributed by atoms with Crippen LogP contribution in [0.2, 0.25) is 0 Å². The van der Waals surface area contributed by atoms with Gasteiger partial charge in [-0.05, 0) is 0 Å². The number of hydrogen-bond acceptors (Lipinski definition) is 9. The first-order valence-electron chi connectivity index (χ1n) is 9.86. The van der Waals surface area contributed by atoms with Crippen molar-refractivity contribution < 1.29 is 28.6 Å². The Morgan fingerprint density at radius 3 is 1.00 bits per heavy atom. The van der Waals surface area contributed by atoms with Gasteiger partial charge in [-0.3, -0.25) is 0 Å². The zero-order valence-corrected chi connectivity index (χ0v) is 18.1. The number of hydrogen-bond donors (Lipinski definition) is 0. The van der Waals surface area contributed by atoms with E-state index in [0.29, 0.717) is 32.6 Å². The third-order valence-electron chi connectivity index (χ3n) is 4.21. The number of carbonyl (C=O) groups excluding carboxylic acids is 3. The molecule has 0 saturated carbocycles. The van der Waals surface area contributed by atoms with Crippen molar-refractivity contribution in [1.29, 1.82) is 0 Å². The standard InChI is InChI=1S/C21H27N3O9/c1-4-7-31-16(13-25)10-22-19(28)23(11-17(14-26)32-8-5-2)21(30)24(20(22)29)12-18(15-27)33-9-6-3/h4-6,13-18H,1-3,7-12H2. The Labute approximate surface area is 189 Å². The lowest BCUT2D eigenvalue weighted by Gasteiger charge is -2.19. The molecule has 0 saturated heterocycles. The fourth-order valence-electron chi connectivity index (χ4n) is 2.67. The van der Waals surface area contributed by atoms with Crippen LogP contribution in [0.15, 0.2) is 52.3 Å². The Balaban J connectivity index is 3.60. The second kappa shape index (κ2) is 14.6. The molecule has 0 aliphatic heterocycles. The van der Waals surface area contributed by atoms with Gasteiger partial charge in [0.05, 0.1) is 39.5 Å². The molecule has 0 N–H and O–H groups in total. The first kappa shape index (κ1) is 27.6. The summed E-state index contributed by atoms with van der Waals surface area (Å²) in [6.07, 6.45) is 1.66. The van der Waals surface area contributed by atoms with Crippen LogP contribution >= 0.6 is 0 Å². The fraction of sp³-hybridized carbons (Fsp3) is 0.429. The Morgan fingerprint density at radius 2 is 0.818 bits per heavy atom. The average Bonchev–Trinajstić information content (AvgIpc) is 2.83. The normalized spacial score (nSPS) is 13.5. The van der Waals surface area contributed by atoms with Crippen LogP contribution in [0.5, 0.6) is 0 Å². The number of aldehydes is 3. The lowest BCUT2D eigenvalue weighted by atomic mass is 10.3. The van der Waals surface area contributed by atoms with Crippen molar-refractivity contribution in [2.45, 2.75) is 37.9 Å².